The van der Waals surface area contributed by atoms with Gasteiger partial charge in [0.15, 0.2) is 11.6 Å². The molecule has 17 heavy (non-hydrogen) atoms. The van der Waals surface area contributed by atoms with Crippen molar-refractivity contribution in [2.45, 2.75) is 13.5 Å². The molecule has 2 aromatic carbocycles. The fourth-order valence-corrected chi connectivity index (χ4v) is 1.54. The Balaban J connectivity index is 2.07. The molecule has 0 heterocycles. The third-order valence-electron chi connectivity index (χ3n) is 2.56. The molecular weight excluding hydrogens is 220 g/mol. The van der Waals surface area contributed by atoms with Gasteiger partial charge in [0.05, 0.1) is 5.69 Å². The average Bonchev–Trinajstić information content (AvgIpc) is 2.33. The molecule has 0 atom stereocenters. The van der Waals surface area contributed by atoms with Gasteiger partial charge in [0.2, 0.25) is 0 Å². The van der Waals surface area contributed by atoms with Crippen molar-refractivity contribution < 1.29 is 8.78 Å². The van der Waals surface area contributed by atoms with Crippen LogP contribution in [0, 0.1) is 18.6 Å². The lowest BCUT2D eigenvalue weighted by Crippen LogP contribution is -2.02. The number of hydrogen-bond donors (Lipinski definition) is 1. The van der Waals surface area contributed by atoms with Gasteiger partial charge in [0, 0.05) is 6.54 Å². The maximum Gasteiger partial charge on any atom is 0.181 e. The predicted molar refractivity (Wildman–Crippen MR) is 64.9 cm³/mol. The van der Waals surface area contributed by atoms with Crippen LogP contribution in [0.15, 0.2) is 42.5 Å². The Bertz CT molecular complexity index is 506. The van der Waals surface area contributed by atoms with Crippen LogP contribution in [0.4, 0.5) is 14.5 Å². The predicted octanol–water partition coefficient (Wildman–Crippen LogP) is 3.89. The van der Waals surface area contributed by atoms with E-state index in [1.54, 1.807) is 0 Å². The van der Waals surface area contributed by atoms with Gasteiger partial charge in [-0.1, -0.05) is 35.9 Å². The quantitative estimate of drug-likeness (QED) is 0.848. The van der Waals surface area contributed by atoms with E-state index in [1.165, 1.54) is 17.7 Å². The van der Waals surface area contributed by atoms with Crippen LogP contribution in [-0.2, 0) is 6.54 Å². The summed E-state index contributed by atoms with van der Waals surface area (Å²) >= 11 is 0. The number of halogens is 2. The van der Waals surface area contributed by atoms with Crippen molar-refractivity contribution in [1.82, 2.24) is 0 Å². The lowest BCUT2D eigenvalue weighted by molar-refractivity contribution is 0.511. The van der Waals surface area contributed by atoms with Crippen LogP contribution in [0.25, 0.3) is 0 Å². The van der Waals surface area contributed by atoms with Crippen LogP contribution in [0.5, 0.6) is 0 Å². The first-order valence-corrected chi connectivity index (χ1v) is 5.40. The highest BCUT2D eigenvalue weighted by molar-refractivity contribution is 5.45. The Morgan fingerprint density at radius 2 is 1.71 bits per heavy atom. The minimum Gasteiger partial charge on any atom is -0.379 e. The molecule has 1 nitrogen and oxygen atoms in total. The molecule has 0 unspecified atom stereocenters. The van der Waals surface area contributed by atoms with E-state index in [0.717, 1.165) is 11.6 Å². The molecule has 3 heteroatoms. The van der Waals surface area contributed by atoms with Crippen molar-refractivity contribution in [2.75, 3.05) is 5.32 Å². The highest BCUT2D eigenvalue weighted by atomic mass is 19.2. The molecule has 0 amide bonds. The zero-order valence-electron chi connectivity index (χ0n) is 9.50. The summed E-state index contributed by atoms with van der Waals surface area (Å²) in [6.07, 6.45) is 0. The van der Waals surface area contributed by atoms with Crippen molar-refractivity contribution in [3.05, 3.63) is 65.2 Å². The normalized spacial score (nSPS) is 10.3. The van der Waals surface area contributed by atoms with Gasteiger partial charge in [-0.15, -0.1) is 0 Å². The van der Waals surface area contributed by atoms with E-state index in [2.05, 4.69) is 5.32 Å². The zero-order valence-corrected chi connectivity index (χ0v) is 9.50. The second-order valence-electron chi connectivity index (χ2n) is 3.94. The molecule has 0 aromatic heterocycles. The van der Waals surface area contributed by atoms with Crippen LogP contribution >= 0.6 is 0 Å². The molecule has 2 aromatic rings. The van der Waals surface area contributed by atoms with Crippen molar-refractivity contribution in [2.24, 2.45) is 0 Å². The van der Waals surface area contributed by atoms with Crippen LogP contribution in [0.3, 0.4) is 0 Å². The molecule has 0 aliphatic heterocycles. The first-order chi connectivity index (χ1) is 8.16. The molecule has 1 N–H and O–H groups in total. The van der Waals surface area contributed by atoms with E-state index < -0.39 is 11.6 Å². The molecule has 0 spiro atoms. The van der Waals surface area contributed by atoms with E-state index in [1.807, 2.05) is 31.2 Å². The lowest BCUT2D eigenvalue weighted by atomic mass is 10.1. The van der Waals surface area contributed by atoms with E-state index >= 15 is 0 Å². The Kier molecular flexibility index (Phi) is 3.38. The fraction of sp³-hybridized carbons (Fsp3) is 0.143. The van der Waals surface area contributed by atoms with Crippen molar-refractivity contribution in [3.8, 4) is 0 Å². The van der Waals surface area contributed by atoms with E-state index in [-0.39, 0.29) is 5.69 Å². The third kappa shape index (κ3) is 2.81. The minimum absolute atomic E-state index is 0.186. The van der Waals surface area contributed by atoms with Gasteiger partial charge in [-0.25, -0.2) is 8.78 Å². The van der Waals surface area contributed by atoms with Crippen LogP contribution < -0.4 is 5.32 Å². The summed E-state index contributed by atoms with van der Waals surface area (Å²) in [5.41, 5.74) is 2.38. The average molecular weight is 233 g/mol. The number of benzene rings is 2. The maximum atomic E-state index is 13.3. The second-order valence-corrected chi connectivity index (χ2v) is 3.94. The van der Waals surface area contributed by atoms with Crippen molar-refractivity contribution >= 4 is 5.69 Å². The van der Waals surface area contributed by atoms with Crippen LogP contribution in [0.1, 0.15) is 11.1 Å². The molecule has 0 saturated heterocycles. The molecule has 0 bridgehead atoms. The number of hydrogen-bond acceptors (Lipinski definition) is 1. The number of nitrogens with one attached hydrogen (secondary N) is 1. The number of anilines is 1. The molecule has 0 aliphatic rings. The lowest BCUT2D eigenvalue weighted by Gasteiger charge is -2.08. The summed E-state index contributed by atoms with van der Waals surface area (Å²) in [5, 5.41) is 2.87. The maximum absolute atomic E-state index is 13.3. The molecule has 0 radical (unpaired) electrons. The second kappa shape index (κ2) is 4.95. The van der Waals surface area contributed by atoms with E-state index in [0.29, 0.717) is 6.54 Å². The molecule has 2 rings (SSSR count). The largest absolute Gasteiger partial charge is 0.379 e. The van der Waals surface area contributed by atoms with Gasteiger partial charge in [-0.05, 0) is 24.6 Å². The van der Waals surface area contributed by atoms with E-state index in [4.69, 9.17) is 0 Å². The summed E-state index contributed by atoms with van der Waals surface area (Å²) in [4.78, 5) is 0. The van der Waals surface area contributed by atoms with Crippen molar-refractivity contribution in [3.63, 3.8) is 0 Å². The van der Waals surface area contributed by atoms with Crippen LogP contribution in [-0.4, -0.2) is 0 Å². The molecular formula is C14H13F2N. The van der Waals surface area contributed by atoms with Crippen molar-refractivity contribution in [1.29, 1.82) is 0 Å². The Morgan fingerprint density at radius 3 is 2.41 bits per heavy atom. The van der Waals surface area contributed by atoms with Gasteiger partial charge in [0.1, 0.15) is 0 Å². The first kappa shape index (κ1) is 11.6. The van der Waals surface area contributed by atoms with E-state index in [9.17, 15) is 8.78 Å². The van der Waals surface area contributed by atoms with Gasteiger partial charge < -0.3 is 5.32 Å². The first-order valence-electron chi connectivity index (χ1n) is 5.40. The summed E-state index contributed by atoms with van der Waals surface area (Å²) in [6, 6.07) is 12.0. The molecule has 88 valence electrons. The number of rotatable bonds is 3. The van der Waals surface area contributed by atoms with Gasteiger partial charge >= 0.3 is 0 Å². The summed E-state index contributed by atoms with van der Waals surface area (Å²) in [5.74, 6) is -1.67. The highest BCUT2D eigenvalue weighted by Crippen LogP contribution is 2.17. The summed E-state index contributed by atoms with van der Waals surface area (Å²) in [7, 11) is 0. The minimum atomic E-state index is -0.834. The standard InChI is InChI=1S/C14H13F2N/c1-10-5-7-11(8-6-10)9-17-13-4-2-3-12(15)14(13)16/h2-8,17H,9H2,1H3. The Hall–Kier alpha value is -1.90. The molecule has 0 saturated carbocycles. The third-order valence-corrected chi connectivity index (χ3v) is 2.56. The summed E-state index contributed by atoms with van der Waals surface area (Å²) in [6.45, 7) is 2.48. The smallest absolute Gasteiger partial charge is 0.181 e. The van der Waals surface area contributed by atoms with Gasteiger partial charge in [-0.2, -0.15) is 0 Å². The van der Waals surface area contributed by atoms with Gasteiger partial charge in [-0.3, -0.25) is 0 Å². The fourth-order valence-electron chi connectivity index (χ4n) is 1.54. The van der Waals surface area contributed by atoms with Gasteiger partial charge in [0.25, 0.3) is 0 Å². The topological polar surface area (TPSA) is 12.0 Å². The number of aryl methyl sites for hydroxylation is 1. The Morgan fingerprint density at radius 1 is 1.00 bits per heavy atom. The Labute approximate surface area is 99.1 Å². The SMILES string of the molecule is Cc1ccc(CNc2cccc(F)c2F)cc1. The highest BCUT2D eigenvalue weighted by Gasteiger charge is 2.06. The molecule has 0 aliphatic carbocycles. The van der Waals surface area contributed by atoms with Crippen LogP contribution in [0.2, 0.25) is 0 Å². The monoisotopic (exact) mass is 233 g/mol. The molecule has 0 fully saturated rings. The summed E-state index contributed by atoms with van der Waals surface area (Å²) < 4.78 is 26.3. The zero-order chi connectivity index (χ0) is 12.3.